The molecule has 1 saturated carbocycles. The SMILES string of the molecule is CCC1CCC(CN)(OCC(=O)N(CC)CC)CC1. The first-order valence-corrected chi connectivity index (χ1v) is 7.72. The molecular weight excluding hydrogens is 240 g/mol. The van der Waals surface area contributed by atoms with Gasteiger partial charge in [0, 0.05) is 19.6 Å². The molecule has 2 N–H and O–H groups in total. The van der Waals surface area contributed by atoms with Crippen molar-refractivity contribution in [2.45, 2.75) is 58.5 Å². The van der Waals surface area contributed by atoms with Gasteiger partial charge in [-0.05, 0) is 45.4 Å². The molecule has 1 aliphatic carbocycles. The highest BCUT2D eigenvalue weighted by Crippen LogP contribution is 2.35. The van der Waals surface area contributed by atoms with Crippen LogP contribution in [0.25, 0.3) is 0 Å². The van der Waals surface area contributed by atoms with E-state index in [-0.39, 0.29) is 18.1 Å². The molecule has 0 aromatic heterocycles. The number of nitrogens with zero attached hydrogens (tertiary/aromatic N) is 1. The molecule has 4 nitrogen and oxygen atoms in total. The summed E-state index contributed by atoms with van der Waals surface area (Å²) in [6, 6.07) is 0. The Bertz CT molecular complexity index is 269. The Morgan fingerprint density at radius 3 is 2.26 bits per heavy atom. The number of rotatable bonds is 7. The second-order valence-corrected chi connectivity index (χ2v) is 5.59. The van der Waals surface area contributed by atoms with E-state index in [2.05, 4.69) is 6.92 Å². The fraction of sp³-hybridized carbons (Fsp3) is 0.933. The maximum atomic E-state index is 12.0. The molecular formula is C15H30N2O2. The van der Waals surface area contributed by atoms with Gasteiger partial charge in [-0.1, -0.05) is 13.3 Å². The van der Waals surface area contributed by atoms with Gasteiger partial charge in [-0.25, -0.2) is 0 Å². The Kier molecular flexibility index (Phi) is 6.80. The van der Waals surface area contributed by atoms with Crippen molar-refractivity contribution in [3.8, 4) is 0 Å². The van der Waals surface area contributed by atoms with E-state index in [0.717, 1.165) is 31.8 Å². The minimum atomic E-state index is -0.255. The maximum absolute atomic E-state index is 12.0. The summed E-state index contributed by atoms with van der Waals surface area (Å²) < 4.78 is 5.94. The van der Waals surface area contributed by atoms with Crippen LogP contribution in [0.1, 0.15) is 52.9 Å². The number of carbonyl (C=O) groups excluding carboxylic acids is 1. The lowest BCUT2D eigenvalue weighted by Gasteiger charge is -2.39. The molecule has 0 aromatic carbocycles. The van der Waals surface area contributed by atoms with Crippen molar-refractivity contribution < 1.29 is 9.53 Å². The molecule has 0 aromatic rings. The smallest absolute Gasteiger partial charge is 0.248 e. The van der Waals surface area contributed by atoms with Crippen LogP contribution in [0.15, 0.2) is 0 Å². The standard InChI is InChI=1S/C15H30N2O2/c1-4-13-7-9-15(12-16,10-8-13)19-11-14(18)17(5-2)6-3/h13H,4-12,16H2,1-3H3. The van der Waals surface area contributed by atoms with Crippen LogP contribution in [0, 0.1) is 5.92 Å². The van der Waals surface area contributed by atoms with Gasteiger partial charge in [0.05, 0.1) is 5.60 Å². The highest BCUT2D eigenvalue weighted by molar-refractivity contribution is 5.77. The lowest BCUT2D eigenvalue weighted by molar-refractivity contribution is -0.145. The zero-order valence-corrected chi connectivity index (χ0v) is 12.8. The molecule has 4 heteroatoms. The van der Waals surface area contributed by atoms with Crippen molar-refractivity contribution >= 4 is 5.91 Å². The second kappa shape index (κ2) is 7.85. The van der Waals surface area contributed by atoms with Crippen molar-refractivity contribution in [1.29, 1.82) is 0 Å². The van der Waals surface area contributed by atoms with Gasteiger partial charge in [0.1, 0.15) is 6.61 Å². The highest BCUT2D eigenvalue weighted by atomic mass is 16.5. The van der Waals surface area contributed by atoms with E-state index in [1.165, 1.54) is 19.3 Å². The third-order valence-electron chi connectivity index (χ3n) is 4.58. The van der Waals surface area contributed by atoms with Gasteiger partial charge in [-0.3, -0.25) is 4.79 Å². The van der Waals surface area contributed by atoms with Crippen molar-refractivity contribution in [1.82, 2.24) is 4.90 Å². The van der Waals surface area contributed by atoms with Crippen molar-refractivity contribution in [3.63, 3.8) is 0 Å². The summed E-state index contributed by atoms with van der Waals surface area (Å²) in [5.41, 5.74) is 5.65. The Morgan fingerprint density at radius 2 is 1.84 bits per heavy atom. The summed E-state index contributed by atoms with van der Waals surface area (Å²) in [7, 11) is 0. The first kappa shape index (κ1) is 16.4. The lowest BCUT2D eigenvalue weighted by Crippen LogP contribution is -2.46. The van der Waals surface area contributed by atoms with E-state index >= 15 is 0 Å². The topological polar surface area (TPSA) is 55.6 Å². The van der Waals surface area contributed by atoms with Gasteiger partial charge < -0.3 is 15.4 Å². The van der Waals surface area contributed by atoms with E-state index in [4.69, 9.17) is 10.5 Å². The molecule has 0 saturated heterocycles. The van der Waals surface area contributed by atoms with Gasteiger partial charge in [0.2, 0.25) is 5.91 Å². The van der Waals surface area contributed by atoms with Crippen LogP contribution in [0.4, 0.5) is 0 Å². The third kappa shape index (κ3) is 4.46. The average Bonchev–Trinajstić information content (AvgIpc) is 2.47. The molecule has 1 aliphatic rings. The first-order valence-electron chi connectivity index (χ1n) is 7.72. The van der Waals surface area contributed by atoms with E-state index in [1.807, 2.05) is 18.7 Å². The van der Waals surface area contributed by atoms with E-state index in [0.29, 0.717) is 6.54 Å². The molecule has 1 fully saturated rings. The largest absolute Gasteiger partial charge is 0.364 e. The second-order valence-electron chi connectivity index (χ2n) is 5.59. The van der Waals surface area contributed by atoms with E-state index in [9.17, 15) is 4.79 Å². The fourth-order valence-electron chi connectivity index (χ4n) is 2.90. The maximum Gasteiger partial charge on any atom is 0.248 e. The normalized spacial score (nSPS) is 27.3. The molecule has 112 valence electrons. The van der Waals surface area contributed by atoms with Crippen molar-refractivity contribution in [2.75, 3.05) is 26.2 Å². The number of ether oxygens (including phenoxy) is 1. The Hall–Kier alpha value is -0.610. The van der Waals surface area contributed by atoms with Crippen LogP contribution in [-0.2, 0) is 9.53 Å². The van der Waals surface area contributed by atoms with Crippen molar-refractivity contribution in [2.24, 2.45) is 11.7 Å². The van der Waals surface area contributed by atoms with Crippen LogP contribution in [0.2, 0.25) is 0 Å². The number of hydrogen-bond donors (Lipinski definition) is 1. The fourth-order valence-corrected chi connectivity index (χ4v) is 2.90. The van der Waals surface area contributed by atoms with Crippen LogP contribution < -0.4 is 5.73 Å². The van der Waals surface area contributed by atoms with Crippen LogP contribution in [-0.4, -0.2) is 42.6 Å². The Morgan fingerprint density at radius 1 is 1.26 bits per heavy atom. The number of likely N-dealkylation sites (N-methyl/N-ethyl adjacent to an activating group) is 1. The Labute approximate surface area is 117 Å². The number of carbonyl (C=O) groups is 1. The minimum Gasteiger partial charge on any atom is -0.364 e. The predicted octanol–water partition coefficient (Wildman–Crippen LogP) is 2.17. The van der Waals surface area contributed by atoms with Crippen LogP contribution >= 0.6 is 0 Å². The number of nitrogens with two attached hydrogens (primary N) is 1. The Balaban J connectivity index is 2.47. The van der Waals surface area contributed by atoms with E-state index < -0.39 is 0 Å². The summed E-state index contributed by atoms with van der Waals surface area (Å²) in [6.07, 6.45) is 5.57. The lowest BCUT2D eigenvalue weighted by atomic mass is 9.77. The molecule has 0 atom stereocenters. The average molecular weight is 270 g/mol. The van der Waals surface area contributed by atoms with Crippen LogP contribution in [0.5, 0.6) is 0 Å². The molecule has 19 heavy (non-hydrogen) atoms. The third-order valence-corrected chi connectivity index (χ3v) is 4.58. The molecule has 0 bridgehead atoms. The van der Waals surface area contributed by atoms with Gasteiger partial charge >= 0.3 is 0 Å². The molecule has 0 spiro atoms. The van der Waals surface area contributed by atoms with Gasteiger partial charge in [0.15, 0.2) is 0 Å². The molecule has 1 amide bonds. The number of amides is 1. The summed E-state index contributed by atoms with van der Waals surface area (Å²) in [5, 5.41) is 0. The van der Waals surface area contributed by atoms with E-state index in [1.54, 1.807) is 0 Å². The monoisotopic (exact) mass is 270 g/mol. The minimum absolute atomic E-state index is 0.0791. The first-order chi connectivity index (χ1) is 9.10. The van der Waals surface area contributed by atoms with Gasteiger partial charge in [-0.15, -0.1) is 0 Å². The zero-order valence-electron chi connectivity index (χ0n) is 12.8. The molecule has 0 aliphatic heterocycles. The molecule has 0 radical (unpaired) electrons. The van der Waals surface area contributed by atoms with Gasteiger partial charge in [-0.2, -0.15) is 0 Å². The quantitative estimate of drug-likeness (QED) is 0.771. The molecule has 0 heterocycles. The van der Waals surface area contributed by atoms with Crippen molar-refractivity contribution in [3.05, 3.63) is 0 Å². The molecule has 1 rings (SSSR count). The zero-order chi connectivity index (χ0) is 14.3. The number of hydrogen-bond acceptors (Lipinski definition) is 3. The highest BCUT2D eigenvalue weighted by Gasteiger charge is 2.35. The van der Waals surface area contributed by atoms with Crippen LogP contribution in [0.3, 0.4) is 0 Å². The molecule has 0 unspecified atom stereocenters. The summed E-state index contributed by atoms with van der Waals surface area (Å²) in [4.78, 5) is 13.8. The van der Waals surface area contributed by atoms with Gasteiger partial charge in [0.25, 0.3) is 0 Å². The predicted molar refractivity (Wildman–Crippen MR) is 77.9 cm³/mol. The summed E-state index contributed by atoms with van der Waals surface area (Å²) in [6.45, 7) is 8.41. The summed E-state index contributed by atoms with van der Waals surface area (Å²) >= 11 is 0. The summed E-state index contributed by atoms with van der Waals surface area (Å²) in [5.74, 6) is 0.886.